The Morgan fingerprint density at radius 3 is 2.62 bits per heavy atom. The van der Waals surface area contributed by atoms with E-state index in [-0.39, 0.29) is 0 Å². The summed E-state index contributed by atoms with van der Waals surface area (Å²) in [6.45, 7) is 7.69. The van der Waals surface area contributed by atoms with Crippen molar-refractivity contribution in [3.8, 4) is 17.2 Å². The van der Waals surface area contributed by atoms with Crippen molar-refractivity contribution in [2.75, 3.05) is 13.7 Å². The summed E-state index contributed by atoms with van der Waals surface area (Å²) < 4.78 is 11.5. The average molecular weight is 286 g/mol. The Hall–Kier alpha value is -2.07. The Labute approximate surface area is 126 Å². The van der Waals surface area contributed by atoms with Crippen LogP contribution in [0.2, 0.25) is 0 Å². The van der Waals surface area contributed by atoms with Crippen LogP contribution in [0, 0.1) is 13.8 Å². The van der Waals surface area contributed by atoms with E-state index in [1.807, 2.05) is 44.3 Å². The summed E-state index contributed by atoms with van der Waals surface area (Å²) in [6, 6.07) is 7.86. The number of nitrogens with one attached hydrogen (secondary N) is 1. The first-order valence-corrected chi connectivity index (χ1v) is 7.12. The fourth-order valence-electron chi connectivity index (χ4n) is 2.03. The highest BCUT2D eigenvalue weighted by atomic mass is 16.5. The standard InChI is InChI=1S/C17H22N2O2/c1-5-18-10-14-11-19-13(3)9-16(14)21-15-7-6-12(2)8-17(15)20-4/h6-9,11,18H,5,10H2,1-4H3. The molecule has 0 spiro atoms. The molecule has 0 amide bonds. The zero-order valence-electron chi connectivity index (χ0n) is 13.1. The predicted molar refractivity (Wildman–Crippen MR) is 84.2 cm³/mol. The SMILES string of the molecule is CCNCc1cnc(C)cc1Oc1ccc(C)cc1OC. The molecule has 1 aromatic carbocycles. The number of benzene rings is 1. The molecule has 0 saturated heterocycles. The molecule has 0 aliphatic heterocycles. The Morgan fingerprint density at radius 1 is 1.10 bits per heavy atom. The summed E-state index contributed by atoms with van der Waals surface area (Å²) >= 11 is 0. The van der Waals surface area contributed by atoms with Crippen molar-refractivity contribution in [3.05, 3.63) is 47.3 Å². The van der Waals surface area contributed by atoms with Gasteiger partial charge in [-0.2, -0.15) is 0 Å². The van der Waals surface area contributed by atoms with Gasteiger partial charge in [-0.25, -0.2) is 0 Å². The maximum absolute atomic E-state index is 6.06. The first-order chi connectivity index (χ1) is 10.1. The summed E-state index contributed by atoms with van der Waals surface area (Å²) in [6.07, 6.45) is 1.86. The highest BCUT2D eigenvalue weighted by molar-refractivity contribution is 5.46. The van der Waals surface area contributed by atoms with Crippen LogP contribution in [0.5, 0.6) is 17.2 Å². The lowest BCUT2D eigenvalue weighted by molar-refractivity contribution is 0.376. The normalized spacial score (nSPS) is 10.5. The van der Waals surface area contributed by atoms with E-state index >= 15 is 0 Å². The van der Waals surface area contributed by atoms with Gasteiger partial charge in [0.05, 0.1) is 7.11 Å². The monoisotopic (exact) mass is 286 g/mol. The molecule has 21 heavy (non-hydrogen) atoms. The topological polar surface area (TPSA) is 43.4 Å². The molecule has 0 aliphatic rings. The molecule has 0 unspecified atom stereocenters. The molecule has 1 aromatic heterocycles. The van der Waals surface area contributed by atoms with E-state index in [9.17, 15) is 0 Å². The van der Waals surface area contributed by atoms with Gasteiger partial charge in [0.25, 0.3) is 0 Å². The summed E-state index contributed by atoms with van der Waals surface area (Å²) in [7, 11) is 1.65. The molecule has 4 heteroatoms. The Kier molecular flexibility index (Phi) is 5.17. The van der Waals surface area contributed by atoms with E-state index in [4.69, 9.17) is 9.47 Å². The van der Waals surface area contributed by atoms with Crippen LogP contribution in [0.4, 0.5) is 0 Å². The Bertz CT molecular complexity index is 612. The molecule has 0 radical (unpaired) electrons. The van der Waals surface area contributed by atoms with Gasteiger partial charge in [0.15, 0.2) is 11.5 Å². The van der Waals surface area contributed by atoms with Crippen molar-refractivity contribution in [1.29, 1.82) is 0 Å². The lowest BCUT2D eigenvalue weighted by atomic mass is 10.2. The molecular formula is C17H22N2O2. The molecule has 1 N–H and O–H groups in total. The molecule has 1 heterocycles. The van der Waals surface area contributed by atoms with E-state index in [2.05, 4.69) is 17.2 Å². The van der Waals surface area contributed by atoms with Crippen LogP contribution in [0.3, 0.4) is 0 Å². The van der Waals surface area contributed by atoms with E-state index < -0.39 is 0 Å². The Morgan fingerprint density at radius 2 is 1.90 bits per heavy atom. The van der Waals surface area contributed by atoms with Gasteiger partial charge in [0, 0.05) is 30.1 Å². The zero-order valence-corrected chi connectivity index (χ0v) is 13.1. The minimum Gasteiger partial charge on any atom is -0.493 e. The van der Waals surface area contributed by atoms with Crippen molar-refractivity contribution in [1.82, 2.24) is 10.3 Å². The van der Waals surface area contributed by atoms with Crippen molar-refractivity contribution < 1.29 is 9.47 Å². The maximum atomic E-state index is 6.06. The average Bonchev–Trinajstić information content (AvgIpc) is 2.48. The molecule has 112 valence electrons. The number of rotatable bonds is 6. The number of ether oxygens (including phenoxy) is 2. The van der Waals surface area contributed by atoms with Gasteiger partial charge in [-0.1, -0.05) is 13.0 Å². The quantitative estimate of drug-likeness (QED) is 0.881. The van der Waals surface area contributed by atoms with Crippen LogP contribution in [-0.2, 0) is 6.54 Å². The van der Waals surface area contributed by atoms with Gasteiger partial charge in [-0.3, -0.25) is 4.98 Å². The highest BCUT2D eigenvalue weighted by Gasteiger charge is 2.10. The summed E-state index contributed by atoms with van der Waals surface area (Å²) in [5.41, 5.74) is 3.10. The minimum atomic E-state index is 0.714. The van der Waals surface area contributed by atoms with Crippen molar-refractivity contribution in [3.63, 3.8) is 0 Å². The molecule has 0 saturated carbocycles. The summed E-state index contributed by atoms with van der Waals surface area (Å²) in [4.78, 5) is 4.34. The van der Waals surface area contributed by atoms with Gasteiger partial charge >= 0.3 is 0 Å². The third-order valence-electron chi connectivity index (χ3n) is 3.18. The number of nitrogens with zero attached hydrogens (tertiary/aromatic N) is 1. The second-order valence-corrected chi connectivity index (χ2v) is 4.97. The number of aryl methyl sites for hydroxylation is 2. The lowest BCUT2D eigenvalue weighted by Crippen LogP contribution is -2.13. The fourth-order valence-corrected chi connectivity index (χ4v) is 2.03. The zero-order chi connectivity index (χ0) is 15.2. The molecule has 0 atom stereocenters. The number of pyridine rings is 1. The van der Waals surface area contributed by atoms with Gasteiger partial charge in [-0.05, 0) is 38.1 Å². The molecule has 2 aromatic rings. The molecule has 0 fully saturated rings. The third-order valence-corrected chi connectivity index (χ3v) is 3.18. The van der Waals surface area contributed by atoms with Crippen LogP contribution < -0.4 is 14.8 Å². The van der Waals surface area contributed by atoms with Crippen LogP contribution >= 0.6 is 0 Å². The van der Waals surface area contributed by atoms with Crippen molar-refractivity contribution in [2.24, 2.45) is 0 Å². The van der Waals surface area contributed by atoms with Crippen molar-refractivity contribution >= 4 is 0 Å². The predicted octanol–water partition coefficient (Wildman–Crippen LogP) is 3.61. The summed E-state index contributed by atoms with van der Waals surface area (Å²) in [5, 5.41) is 3.30. The minimum absolute atomic E-state index is 0.714. The van der Waals surface area contributed by atoms with E-state index in [0.29, 0.717) is 5.75 Å². The van der Waals surface area contributed by atoms with Crippen LogP contribution in [-0.4, -0.2) is 18.6 Å². The molecule has 2 rings (SSSR count). The first-order valence-electron chi connectivity index (χ1n) is 7.12. The van der Waals surface area contributed by atoms with Gasteiger partial charge < -0.3 is 14.8 Å². The number of hydrogen-bond acceptors (Lipinski definition) is 4. The third kappa shape index (κ3) is 3.95. The molecular weight excluding hydrogens is 264 g/mol. The number of methoxy groups -OCH3 is 1. The maximum Gasteiger partial charge on any atom is 0.169 e. The van der Waals surface area contributed by atoms with E-state index in [0.717, 1.165) is 41.4 Å². The second-order valence-electron chi connectivity index (χ2n) is 4.97. The van der Waals surface area contributed by atoms with Crippen LogP contribution in [0.15, 0.2) is 30.5 Å². The first kappa shape index (κ1) is 15.3. The van der Waals surface area contributed by atoms with E-state index in [1.54, 1.807) is 7.11 Å². The smallest absolute Gasteiger partial charge is 0.169 e. The lowest BCUT2D eigenvalue weighted by Gasteiger charge is -2.14. The van der Waals surface area contributed by atoms with E-state index in [1.165, 1.54) is 0 Å². The molecule has 4 nitrogen and oxygen atoms in total. The van der Waals surface area contributed by atoms with Gasteiger partial charge in [-0.15, -0.1) is 0 Å². The largest absolute Gasteiger partial charge is 0.493 e. The number of aromatic nitrogens is 1. The van der Waals surface area contributed by atoms with Crippen LogP contribution in [0.1, 0.15) is 23.7 Å². The Balaban J connectivity index is 2.31. The fraction of sp³-hybridized carbons (Fsp3) is 0.353. The summed E-state index contributed by atoms with van der Waals surface area (Å²) in [5.74, 6) is 2.26. The highest BCUT2D eigenvalue weighted by Crippen LogP contribution is 2.33. The molecule has 0 bridgehead atoms. The second kappa shape index (κ2) is 7.09. The van der Waals surface area contributed by atoms with Gasteiger partial charge in [0.2, 0.25) is 0 Å². The van der Waals surface area contributed by atoms with Gasteiger partial charge in [0.1, 0.15) is 5.75 Å². The number of hydrogen-bond donors (Lipinski definition) is 1. The molecule has 0 aliphatic carbocycles. The van der Waals surface area contributed by atoms with Crippen molar-refractivity contribution in [2.45, 2.75) is 27.3 Å². The van der Waals surface area contributed by atoms with Crippen LogP contribution in [0.25, 0.3) is 0 Å².